The second-order valence-electron chi connectivity index (χ2n) is 5.78. The third-order valence-corrected chi connectivity index (χ3v) is 4.45. The molecule has 1 aliphatic carbocycles. The number of hydrogen-bond donors (Lipinski definition) is 1. The van der Waals surface area contributed by atoms with Crippen LogP contribution in [0.2, 0.25) is 0 Å². The molecule has 1 saturated carbocycles. The zero-order chi connectivity index (χ0) is 14.8. The summed E-state index contributed by atoms with van der Waals surface area (Å²) in [6, 6.07) is 3.86. The second kappa shape index (κ2) is 5.84. The lowest BCUT2D eigenvalue weighted by atomic mass is 9.89. The number of hydrogen-bond acceptors (Lipinski definition) is 4. The Labute approximate surface area is 125 Å². The maximum absolute atomic E-state index is 6.12. The number of nitrogen functional groups attached to an aromatic ring is 1. The number of nitrogens with two attached hydrogens (primary N) is 1. The Balaban J connectivity index is 1.98. The summed E-state index contributed by atoms with van der Waals surface area (Å²) in [6.07, 6.45) is 6.59. The van der Waals surface area contributed by atoms with Gasteiger partial charge >= 0.3 is 0 Å². The van der Waals surface area contributed by atoms with Gasteiger partial charge in [0.15, 0.2) is 11.5 Å². The zero-order valence-electron chi connectivity index (χ0n) is 12.8. The molecular weight excluding hydrogens is 266 g/mol. The van der Waals surface area contributed by atoms with Crippen molar-refractivity contribution < 1.29 is 9.47 Å². The molecule has 3 rings (SSSR count). The van der Waals surface area contributed by atoms with Crippen LogP contribution in [-0.4, -0.2) is 23.8 Å². The summed E-state index contributed by atoms with van der Waals surface area (Å²) in [5.74, 6) is 2.68. The highest BCUT2D eigenvalue weighted by Crippen LogP contribution is 2.34. The minimum Gasteiger partial charge on any atom is -0.493 e. The highest BCUT2D eigenvalue weighted by atomic mass is 16.5. The fourth-order valence-corrected chi connectivity index (χ4v) is 3.29. The monoisotopic (exact) mass is 289 g/mol. The molecule has 0 amide bonds. The van der Waals surface area contributed by atoms with Crippen molar-refractivity contribution in [3.63, 3.8) is 0 Å². The Morgan fingerprint density at radius 1 is 1.14 bits per heavy atom. The van der Waals surface area contributed by atoms with E-state index in [0.29, 0.717) is 17.6 Å². The lowest BCUT2D eigenvalue weighted by molar-refractivity contribution is 0.323. The number of imidazole rings is 1. The third-order valence-electron chi connectivity index (χ3n) is 4.45. The van der Waals surface area contributed by atoms with Gasteiger partial charge in [-0.1, -0.05) is 19.3 Å². The standard InChI is InChI=1S/C16H23N3O2/c1-20-14-8-12-13(9-15(14)21-2)19(16(17)18-12)10-11-6-4-3-5-7-11/h8-9,11H,3-7,10H2,1-2H3,(H2,17,18). The first-order chi connectivity index (χ1) is 10.2. The number of aromatic nitrogens is 2. The summed E-state index contributed by atoms with van der Waals surface area (Å²) >= 11 is 0. The smallest absolute Gasteiger partial charge is 0.201 e. The number of ether oxygens (including phenoxy) is 2. The van der Waals surface area contributed by atoms with Crippen molar-refractivity contribution in [2.24, 2.45) is 5.92 Å². The van der Waals surface area contributed by atoms with E-state index in [1.165, 1.54) is 32.1 Å². The minimum absolute atomic E-state index is 0.575. The van der Waals surface area contributed by atoms with E-state index in [0.717, 1.165) is 23.3 Å². The van der Waals surface area contributed by atoms with Gasteiger partial charge in [0.05, 0.1) is 25.3 Å². The minimum atomic E-state index is 0.575. The van der Waals surface area contributed by atoms with Gasteiger partial charge in [0, 0.05) is 18.7 Å². The number of fused-ring (bicyclic) bond motifs is 1. The average Bonchev–Trinajstić information content (AvgIpc) is 2.82. The summed E-state index contributed by atoms with van der Waals surface area (Å²) in [5.41, 5.74) is 8.01. The van der Waals surface area contributed by atoms with Crippen LogP contribution in [0.3, 0.4) is 0 Å². The van der Waals surface area contributed by atoms with Gasteiger partial charge < -0.3 is 19.8 Å². The predicted molar refractivity (Wildman–Crippen MR) is 83.8 cm³/mol. The van der Waals surface area contributed by atoms with Crippen LogP contribution in [0, 0.1) is 5.92 Å². The molecule has 1 aromatic heterocycles. The summed E-state index contributed by atoms with van der Waals surface area (Å²) in [7, 11) is 3.28. The first-order valence-corrected chi connectivity index (χ1v) is 7.60. The van der Waals surface area contributed by atoms with E-state index in [9.17, 15) is 0 Å². The van der Waals surface area contributed by atoms with Gasteiger partial charge in [0.25, 0.3) is 0 Å². The van der Waals surface area contributed by atoms with Crippen molar-refractivity contribution in [2.45, 2.75) is 38.6 Å². The maximum atomic E-state index is 6.12. The molecule has 2 N–H and O–H groups in total. The van der Waals surface area contributed by atoms with E-state index < -0.39 is 0 Å². The molecular formula is C16H23N3O2. The van der Waals surface area contributed by atoms with Crippen LogP contribution < -0.4 is 15.2 Å². The average molecular weight is 289 g/mol. The number of rotatable bonds is 4. The van der Waals surface area contributed by atoms with E-state index in [-0.39, 0.29) is 0 Å². The van der Waals surface area contributed by atoms with Crippen LogP contribution in [0.25, 0.3) is 11.0 Å². The van der Waals surface area contributed by atoms with Gasteiger partial charge in [-0.25, -0.2) is 4.98 Å². The van der Waals surface area contributed by atoms with Gasteiger partial charge in [-0.2, -0.15) is 0 Å². The third kappa shape index (κ3) is 2.64. The van der Waals surface area contributed by atoms with Gasteiger partial charge in [-0.15, -0.1) is 0 Å². The Hall–Kier alpha value is -1.91. The van der Waals surface area contributed by atoms with Crippen molar-refractivity contribution in [1.82, 2.24) is 9.55 Å². The Bertz CT molecular complexity index is 630. The van der Waals surface area contributed by atoms with Crippen molar-refractivity contribution in [2.75, 3.05) is 20.0 Å². The quantitative estimate of drug-likeness (QED) is 0.938. The molecule has 0 saturated heterocycles. The molecule has 5 nitrogen and oxygen atoms in total. The molecule has 0 radical (unpaired) electrons. The number of methoxy groups -OCH3 is 2. The predicted octanol–water partition coefficient (Wildman–Crippen LogP) is 3.22. The Morgan fingerprint density at radius 2 is 1.81 bits per heavy atom. The first-order valence-electron chi connectivity index (χ1n) is 7.60. The molecule has 2 aromatic rings. The molecule has 5 heteroatoms. The molecule has 114 valence electrons. The molecule has 1 aromatic carbocycles. The Morgan fingerprint density at radius 3 is 2.48 bits per heavy atom. The second-order valence-corrected chi connectivity index (χ2v) is 5.78. The highest BCUT2D eigenvalue weighted by Gasteiger charge is 2.18. The van der Waals surface area contributed by atoms with Crippen LogP contribution in [0.5, 0.6) is 11.5 Å². The molecule has 1 aliphatic rings. The van der Waals surface area contributed by atoms with E-state index in [1.54, 1.807) is 14.2 Å². The van der Waals surface area contributed by atoms with E-state index in [2.05, 4.69) is 9.55 Å². The van der Waals surface area contributed by atoms with Crippen LogP contribution in [0.15, 0.2) is 12.1 Å². The number of benzene rings is 1. The van der Waals surface area contributed by atoms with Crippen molar-refractivity contribution in [1.29, 1.82) is 0 Å². The fraction of sp³-hybridized carbons (Fsp3) is 0.562. The van der Waals surface area contributed by atoms with Gasteiger partial charge in [0.1, 0.15) is 0 Å². The lowest BCUT2D eigenvalue weighted by Gasteiger charge is -2.22. The normalized spacial score (nSPS) is 16.3. The van der Waals surface area contributed by atoms with Crippen LogP contribution in [0.1, 0.15) is 32.1 Å². The van der Waals surface area contributed by atoms with Crippen LogP contribution in [-0.2, 0) is 6.54 Å². The molecule has 1 heterocycles. The topological polar surface area (TPSA) is 62.3 Å². The molecule has 0 aliphatic heterocycles. The molecule has 1 fully saturated rings. The summed E-state index contributed by atoms with van der Waals surface area (Å²) in [5, 5.41) is 0. The fourth-order valence-electron chi connectivity index (χ4n) is 3.29. The van der Waals surface area contributed by atoms with E-state index in [4.69, 9.17) is 15.2 Å². The Kier molecular flexibility index (Phi) is 3.90. The number of anilines is 1. The SMILES string of the molecule is COc1cc2nc(N)n(CC3CCCCC3)c2cc1OC. The van der Waals surface area contributed by atoms with Crippen molar-refractivity contribution in [3.05, 3.63) is 12.1 Å². The van der Waals surface area contributed by atoms with E-state index >= 15 is 0 Å². The summed E-state index contributed by atoms with van der Waals surface area (Å²) in [4.78, 5) is 4.47. The molecule has 0 atom stereocenters. The van der Waals surface area contributed by atoms with Gasteiger partial charge in [-0.3, -0.25) is 0 Å². The number of nitrogens with zero attached hydrogens (tertiary/aromatic N) is 2. The highest BCUT2D eigenvalue weighted by molar-refractivity contribution is 5.82. The maximum Gasteiger partial charge on any atom is 0.201 e. The van der Waals surface area contributed by atoms with Crippen molar-refractivity contribution >= 4 is 17.0 Å². The molecule has 0 unspecified atom stereocenters. The molecule has 0 bridgehead atoms. The first kappa shape index (κ1) is 14.0. The van der Waals surface area contributed by atoms with Crippen molar-refractivity contribution in [3.8, 4) is 11.5 Å². The largest absolute Gasteiger partial charge is 0.493 e. The molecule has 21 heavy (non-hydrogen) atoms. The van der Waals surface area contributed by atoms with E-state index in [1.807, 2.05) is 12.1 Å². The summed E-state index contributed by atoms with van der Waals surface area (Å²) in [6.45, 7) is 0.942. The van der Waals surface area contributed by atoms with Gasteiger partial charge in [0.2, 0.25) is 5.95 Å². The molecule has 0 spiro atoms. The summed E-state index contributed by atoms with van der Waals surface area (Å²) < 4.78 is 12.8. The van der Waals surface area contributed by atoms with Crippen LogP contribution in [0.4, 0.5) is 5.95 Å². The zero-order valence-corrected chi connectivity index (χ0v) is 12.8. The van der Waals surface area contributed by atoms with Gasteiger partial charge in [-0.05, 0) is 18.8 Å². The van der Waals surface area contributed by atoms with Crippen LogP contribution >= 0.6 is 0 Å². The lowest BCUT2D eigenvalue weighted by Crippen LogP contribution is -2.15.